The first-order valence-electron chi connectivity index (χ1n) is 10.1. The first-order valence-corrected chi connectivity index (χ1v) is 10.1. The van der Waals surface area contributed by atoms with E-state index in [1.54, 1.807) is 43.1 Å². The summed E-state index contributed by atoms with van der Waals surface area (Å²) in [6, 6.07) is 11.1. The molecule has 9 heteroatoms. The van der Waals surface area contributed by atoms with Crippen molar-refractivity contribution in [2.75, 3.05) is 53.9 Å². The molecule has 0 atom stereocenters. The second kappa shape index (κ2) is 11.7. The van der Waals surface area contributed by atoms with Gasteiger partial charge in [0.25, 0.3) is 11.8 Å². The Morgan fingerprint density at radius 1 is 1.10 bits per heavy atom. The van der Waals surface area contributed by atoms with Gasteiger partial charge < -0.3 is 24.4 Å². The lowest BCUT2D eigenvalue weighted by Gasteiger charge is -2.36. The lowest BCUT2D eigenvalue weighted by atomic mass is 10.1. The third-order valence-corrected chi connectivity index (χ3v) is 5.09. The van der Waals surface area contributed by atoms with Crippen molar-refractivity contribution in [2.45, 2.75) is 6.42 Å². The van der Waals surface area contributed by atoms with Crippen molar-refractivity contribution < 1.29 is 14.0 Å². The number of carbonyl (C=O) groups is 2. The average Bonchev–Trinajstić information content (AvgIpc) is 3.31. The van der Waals surface area contributed by atoms with Crippen LogP contribution in [-0.2, 0) is 6.42 Å². The lowest BCUT2D eigenvalue weighted by molar-refractivity contribution is 0.0657. The molecular formula is C22H30IN5O3. The summed E-state index contributed by atoms with van der Waals surface area (Å²) in [7, 11) is 5.27. The fourth-order valence-electron chi connectivity index (χ4n) is 3.45. The summed E-state index contributed by atoms with van der Waals surface area (Å²) in [4.78, 5) is 34.4. The Morgan fingerprint density at radius 3 is 2.42 bits per heavy atom. The molecular weight excluding hydrogens is 509 g/mol. The second-order valence-electron chi connectivity index (χ2n) is 7.38. The summed E-state index contributed by atoms with van der Waals surface area (Å²) in [5.41, 5.74) is 1.79. The number of nitrogens with one attached hydrogen (secondary N) is 1. The highest BCUT2D eigenvalue weighted by Gasteiger charge is 2.25. The molecule has 3 rings (SSSR count). The smallest absolute Gasteiger partial charge is 0.289 e. The van der Waals surface area contributed by atoms with Gasteiger partial charge in [0.05, 0.1) is 6.26 Å². The number of carbonyl (C=O) groups excluding carboxylic acids is 2. The van der Waals surface area contributed by atoms with Crippen molar-refractivity contribution in [1.29, 1.82) is 0 Å². The first kappa shape index (κ1) is 24.7. The summed E-state index contributed by atoms with van der Waals surface area (Å²) in [5, 5.41) is 3.39. The molecule has 2 aromatic rings. The largest absolute Gasteiger partial charge is 0.459 e. The summed E-state index contributed by atoms with van der Waals surface area (Å²) >= 11 is 0. The topological polar surface area (TPSA) is 81.4 Å². The van der Waals surface area contributed by atoms with Gasteiger partial charge in [0.1, 0.15) is 0 Å². The molecule has 0 saturated carbocycles. The number of aliphatic imine (C=N–C) groups is 1. The van der Waals surface area contributed by atoms with Gasteiger partial charge >= 0.3 is 0 Å². The highest BCUT2D eigenvalue weighted by atomic mass is 127. The van der Waals surface area contributed by atoms with Gasteiger partial charge in [0, 0.05) is 59.4 Å². The zero-order valence-electron chi connectivity index (χ0n) is 18.2. The van der Waals surface area contributed by atoms with E-state index in [9.17, 15) is 9.59 Å². The molecule has 0 radical (unpaired) electrons. The molecule has 1 N–H and O–H groups in total. The van der Waals surface area contributed by atoms with Gasteiger partial charge in [-0.3, -0.25) is 14.6 Å². The van der Waals surface area contributed by atoms with Crippen molar-refractivity contribution >= 4 is 41.8 Å². The minimum Gasteiger partial charge on any atom is -0.459 e. The van der Waals surface area contributed by atoms with E-state index in [0.717, 1.165) is 17.9 Å². The Morgan fingerprint density at radius 2 is 1.81 bits per heavy atom. The SMILES string of the molecule is CN=C(NCCc1cccc(C(=O)N(C)C)c1)N1CCN(C(=O)c2ccco2)CC1.I. The lowest BCUT2D eigenvalue weighted by Crippen LogP contribution is -2.54. The number of halogens is 1. The number of amides is 2. The second-order valence-corrected chi connectivity index (χ2v) is 7.38. The van der Waals surface area contributed by atoms with Crippen molar-refractivity contribution in [3.05, 3.63) is 59.5 Å². The summed E-state index contributed by atoms with van der Waals surface area (Å²) < 4.78 is 5.21. The summed E-state index contributed by atoms with van der Waals surface area (Å²) in [6.07, 6.45) is 2.30. The van der Waals surface area contributed by atoms with E-state index in [0.29, 0.717) is 44.0 Å². The number of nitrogens with zero attached hydrogens (tertiary/aromatic N) is 4. The Labute approximate surface area is 200 Å². The van der Waals surface area contributed by atoms with Crippen molar-refractivity contribution in [3.63, 3.8) is 0 Å². The van der Waals surface area contributed by atoms with Gasteiger partial charge in [-0.2, -0.15) is 0 Å². The van der Waals surface area contributed by atoms with Crippen LogP contribution in [0.1, 0.15) is 26.5 Å². The minimum atomic E-state index is -0.0743. The average molecular weight is 539 g/mol. The van der Waals surface area contributed by atoms with E-state index in [1.807, 2.05) is 24.3 Å². The normalized spacial score (nSPS) is 14.1. The standard InChI is InChI=1S/C22H29N5O3.HI/c1-23-22(24-10-9-17-6-4-7-18(16-17)20(28)25(2)3)27-13-11-26(12-14-27)21(29)19-8-5-15-30-19;/h4-8,15-16H,9-14H2,1-3H3,(H,23,24);1H. The van der Waals surface area contributed by atoms with Crippen LogP contribution in [0.25, 0.3) is 0 Å². The monoisotopic (exact) mass is 539 g/mol. The van der Waals surface area contributed by atoms with E-state index in [-0.39, 0.29) is 35.8 Å². The maximum absolute atomic E-state index is 12.4. The number of piperazine rings is 1. The number of furan rings is 1. The Balaban J connectivity index is 0.00000341. The molecule has 1 aliphatic heterocycles. The Hall–Kier alpha value is -2.56. The van der Waals surface area contributed by atoms with Gasteiger partial charge in [-0.05, 0) is 36.2 Å². The number of rotatable bonds is 5. The maximum atomic E-state index is 12.4. The molecule has 1 saturated heterocycles. The van der Waals surface area contributed by atoms with Gasteiger partial charge in [-0.25, -0.2) is 0 Å². The van der Waals surface area contributed by atoms with Gasteiger partial charge in [-0.15, -0.1) is 24.0 Å². The van der Waals surface area contributed by atoms with E-state index in [2.05, 4.69) is 15.2 Å². The van der Waals surface area contributed by atoms with Crippen LogP contribution in [-0.4, -0.2) is 86.3 Å². The molecule has 0 bridgehead atoms. The molecule has 8 nitrogen and oxygen atoms in total. The molecule has 2 heterocycles. The summed E-state index contributed by atoms with van der Waals surface area (Å²) in [5.74, 6) is 1.12. The highest BCUT2D eigenvalue weighted by molar-refractivity contribution is 14.0. The quantitative estimate of drug-likeness (QED) is 0.358. The minimum absolute atomic E-state index is 0. The number of hydrogen-bond donors (Lipinski definition) is 1. The molecule has 0 unspecified atom stereocenters. The number of hydrogen-bond acceptors (Lipinski definition) is 4. The van der Waals surface area contributed by atoms with Crippen LogP contribution in [0.4, 0.5) is 0 Å². The Bertz CT molecular complexity index is 890. The molecule has 1 fully saturated rings. The van der Waals surface area contributed by atoms with Crippen LogP contribution in [0.2, 0.25) is 0 Å². The van der Waals surface area contributed by atoms with E-state index >= 15 is 0 Å². The maximum Gasteiger partial charge on any atom is 0.289 e. The van der Waals surface area contributed by atoms with Crippen molar-refractivity contribution in [1.82, 2.24) is 20.0 Å². The Kier molecular flexibility index (Phi) is 9.35. The van der Waals surface area contributed by atoms with Crippen LogP contribution < -0.4 is 5.32 Å². The zero-order valence-corrected chi connectivity index (χ0v) is 20.5. The van der Waals surface area contributed by atoms with Crippen LogP contribution in [0.5, 0.6) is 0 Å². The van der Waals surface area contributed by atoms with E-state index < -0.39 is 0 Å². The van der Waals surface area contributed by atoms with Crippen molar-refractivity contribution in [3.8, 4) is 0 Å². The number of benzene rings is 1. The molecule has 1 aromatic carbocycles. The molecule has 31 heavy (non-hydrogen) atoms. The van der Waals surface area contributed by atoms with E-state index in [4.69, 9.17) is 4.42 Å². The predicted octanol–water partition coefficient (Wildman–Crippen LogP) is 2.18. The van der Waals surface area contributed by atoms with Crippen LogP contribution in [0.15, 0.2) is 52.1 Å². The summed E-state index contributed by atoms with van der Waals surface area (Å²) in [6.45, 7) is 3.36. The van der Waals surface area contributed by atoms with Gasteiger partial charge in [0.2, 0.25) is 0 Å². The van der Waals surface area contributed by atoms with Gasteiger partial charge in [0.15, 0.2) is 11.7 Å². The first-order chi connectivity index (χ1) is 14.5. The molecule has 0 spiro atoms. The molecule has 1 aromatic heterocycles. The fraction of sp³-hybridized carbons (Fsp3) is 0.409. The predicted molar refractivity (Wildman–Crippen MR) is 131 cm³/mol. The van der Waals surface area contributed by atoms with Crippen molar-refractivity contribution in [2.24, 2.45) is 4.99 Å². The van der Waals surface area contributed by atoms with E-state index in [1.165, 1.54) is 6.26 Å². The third-order valence-electron chi connectivity index (χ3n) is 5.09. The molecule has 168 valence electrons. The zero-order chi connectivity index (χ0) is 21.5. The van der Waals surface area contributed by atoms with Crippen LogP contribution in [0.3, 0.4) is 0 Å². The van der Waals surface area contributed by atoms with Crippen LogP contribution in [0, 0.1) is 0 Å². The third kappa shape index (κ3) is 6.46. The van der Waals surface area contributed by atoms with Gasteiger partial charge in [-0.1, -0.05) is 12.1 Å². The molecule has 2 amide bonds. The highest BCUT2D eigenvalue weighted by Crippen LogP contribution is 2.10. The molecule has 1 aliphatic rings. The molecule has 0 aliphatic carbocycles. The number of guanidine groups is 1. The fourth-order valence-corrected chi connectivity index (χ4v) is 3.45. The van der Waals surface area contributed by atoms with Crippen LogP contribution >= 0.6 is 24.0 Å².